The third kappa shape index (κ3) is 2.85. The molecule has 0 aromatic rings. The van der Waals surface area contributed by atoms with Crippen LogP contribution < -0.4 is 5.32 Å². The first-order valence-corrected chi connectivity index (χ1v) is 8.54. The van der Waals surface area contributed by atoms with Crippen molar-refractivity contribution in [2.24, 2.45) is 10.8 Å². The Morgan fingerprint density at radius 3 is 2.26 bits per heavy atom. The summed E-state index contributed by atoms with van der Waals surface area (Å²) in [6.07, 6.45) is 13.2. The van der Waals surface area contributed by atoms with E-state index in [4.69, 9.17) is 0 Å². The van der Waals surface area contributed by atoms with Gasteiger partial charge in [-0.25, -0.2) is 0 Å². The number of nitrogens with one attached hydrogen (secondary N) is 1. The van der Waals surface area contributed by atoms with Crippen LogP contribution in [0, 0.1) is 10.8 Å². The van der Waals surface area contributed by atoms with Crippen molar-refractivity contribution in [1.82, 2.24) is 10.2 Å². The quantitative estimate of drug-likeness (QED) is 0.840. The molecule has 1 unspecified atom stereocenters. The molecule has 110 valence electrons. The van der Waals surface area contributed by atoms with E-state index < -0.39 is 0 Å². The van der Waals surface area contributed by atoms with E-state index in [9.17, 15) is 0 Å². The van der Waals surface area contributed by atoms with Crippen LogP contribution >= 0.6 is 0 Å². The van der Waals surface area contributed by atoms with E-state index in [2.05, 4.69) is 24.2 Å². The summed E-state index contributed by atoms with van der Waals surface area (Å²) in [6, 6.07) is 0.851. The van der Waals surface area contributed by atoms with Gasteiger partial charge in [0.05, 0.1) is 0 Å². The topological polar surface area (TPSA) is 15.3 Å². The maximum atomic E-state index is 3.99. The van der Waals surface area contributed by atoms with Crippen molar-refractivity contribution in [2.75, 3.05) is 26.7 Å². The highest BCUT2D eigenvalue weighted by Crippen LogP contribution is 2.51. The molecule has 1 atom stereocenters. The van der Waals surface area contributed by atoms with Crippen molar-refractivity contribution in [1.29, 1.82) is 0 Å². The van der Waals surface area contributed by atoms with Gasteiger partial charge in [-0.15, -0.1) is 0 Å². The number of rotatable bonds is 3. The summed E-state index contributed by atoms with van der Waals surface area (Å²) >= 11 is 0. The Hall–Kier alpha value is -0.0800. The number of nitrogens with zero attached hydrogens (tertiary/aromatic N) is 1. The first kappa shape index (κ1) is 13.9. The molecule has 19 heavy (non-hydrogen) atoms. The zero-order valence-corrected chi connectivity index (χ0v) is 13.0. The smallest absolute Gasteiger partial charge is 0.0124 e. The second kappa shape index (κ2) is 5.37. The van der Waals surface area contributed by atoms with Gasteiger partial charge < -0.3 is 10.2 Å². The van der Waals surface area contributed by atoms with Gasteiger partial charge in [0, 0.05) is 12.6 Å². The first-order valence-electron chi connectivity index (χ1n) is 8.54. The Morgan fingerprint density at radius 2 is 1.68 bits per heavy atom. The van der Waals surface area contributed by atoms with Crippen molar-refractivity contribution < 1.29 is 0 Å². The number of hydrogen-bond acceptors (Lipinski definition) is 2. The highest BCUT2D eigenvalue weighted by molar-refractivity contribution is 5.02. The molecule has 2 heteroatoms. The second-order valence-electron chi connectivity index (χ2n) is 8.01. The minimum atomic E-state index is 0.554. The van der Waals surface area contributed by atoms with E-state index in [1.807, 2.05) is 0 Å². The summed E-state index contributed by atoms with van der Waals surface area (Å²) in [7, 11) is 2.26. The summed E-state index contributed by atoms with van der Waals surface area (Å²) in [4.78, 5) is 2.48. The van der Waals surface area contributed by atoms with Gasteiger partial charge in [0.2, 0.25) is 0 Å². The van der Waals surface area contributed by atoms with E-state index >= 15 is 0 Å². The predicted molar refractivity (Wildman–Crippen MR) is 81.4 cm³/mol. The molecule has 0 aromatic heterocycles. The van der Waals surface area contributed by atoms with Crippen molar-refractivity contribution in [3.8, 4) is 0 Å². The molecule has 1 N–H and O–H groups in total. The normalized spacial score (nSPS) is 34.1. The third-order valence-corrected chi connectivity index (χ3v) is 6.49. The van der Waals surface area contributed by atoms with Crippen LogP contribution in [0.15, 0.2) is 0 Å². The summed E-state index contributed by atoms with van der Waals surface area (Å²) in [5.74, 6) is 0. The van der Waals surface area contributed by atoms with Gasteiger partial charge in [0.1, 0.15) is 0 Å². The van der Waals surface area contributed by atoms with E-state index in [0.717, 1.165) is 11.5 Å². The van der Waals surface area contributed by atoms with Crippen LogP contribution in [0.25, 0.3) is 0 Å². The maximum Gasteiger partial charge on any atom is 0.0124 e. The average molecular weight is 264 g/mol. The summed E-state index contributed by atoms with van der Waals surface area (Å²) < 4.78 is 0. The Bertz CT molecular complexity index is 298. The van der Waals surface area contributed by atoms with Crippen LogP contribution in [0.4, 0.5) is 0 Å². The standard InChI is InChI=1S/C17H32N2/c1-16(10-12-19(2)13-11-16)14-18-15-6-9-17(15)7-4-3-5-8-17/h15,18H,3-14H2,1-2H3. The molecular weight excluding hydrogens is 232 g/mol. The average Bonchev–Trinajstić information content (AvgIpc) is 2.42. The van der Waals surface area contributed by atoms with E-state index in [1.54, 1.807) is 0 Å². The fourth-order valence-corrected chi connectivity index (χ4v) is 4.57. The number of likely N-dealkylation sites (tertiary alicyclic amines) is 1. The fraction of sp³-hybridized carbons (Fsp3) is 1.00. The van der Waals surface area contributed by atoms with Crippen LogP contribution in [-0.4, -0.2) is 37.6 Å². The van der Waals surface area contributed by atoms with Crippen molar-refractivity contribution >= 4 is 0 Å². The van der Waals surface area contributed by atoms with E-state index in [0.29, 0.717) is 5.41 Å². The molecule has 1 saturated heterocycles. The van der Waals surface area contributed by atoms with Crippen molar-refractivity contribution in [3.05, 3.63) is 0 Å². The van der Waals surface area contributed by atoms with Crippen molar-refractivity contribution in [3.63, 3.8) is 0 Å². The molecule has 0 aromatic carbocycles. The molecule has 1 aliphatic heterocycles. The van der Waals surface area contributed by atoms with Gasteiger partial charge in [0.25, 0.3) is 0 Å². The van der Waals surface area contributed by atoms with Gasteiger partial charge in [-0.1, -0.05) is 26.2 Å². The Morgan fingerprint density at radius 1 is 1.00 bits per heavy atom. The summed E-state index contributed by atoms with van der Waals surface area (Å²) in [6.45, 7) is 6.33. The Balaban J connectivity index is 1.49. The first-order chi connectivity index (χ1) is 9.12. The number of piperidine rings is 1. The molecule has 0 radical (unpaired) electrons. The van der Waals surface area contributed by atoms with Crippen LogP contribution in [0.1, 0.15) is 64.7 Å². The minimum Gasteiger partial charge on any atom is -0.313 e. The molecule has 1 heterocycles. The van der Waals surface area contributed by atoms with Crippen LogP contribution in [0.2, 0.25) is 0 Å². The lowest BCUT2D eigenvalue weighted by Gasteiger charge is -2.53. The van der Waals surface area contributed by atoms with Gasteiger partial charge in [-0.05, 0) is 69.5 Å². The summed E-state index contributed by atoms with van der Waals surface area (Å²) in [5.41, 5.74) is 1.28. The van der Waals surface area contributed by atoms with E-state index in [1.165, 1.54) is 77.4 Å². The highest BCUT2D eigenvalue weighted by atomic mass is 15.1. The predicted octanol–water partition coefficient (Wildman–Crippen LogP) is 3.42. The molecular formula is C17H32N2. The summed E-state index contributed by atoms with van der Waals surface area (Å²) in [5, 5.41) is 3.99. The molecule has 0 bridgehead atoms. The second-order valence-corrected chi connectivity index (χ2v) is 8.01. The van der Waals surface area contributed by atoms with Crippen LogP contribution in [0.3, 0.4) is 0 Å². The maximum absolute atomic E-state index is 3.99. The zero-order valence-electron chi connectivity index (χ0n) is 13.0. The zero-order chi connectivity index (χ0) is 13.3. The largest absolute Gasteiger partial charge is 0.313 e. The van der Waals surface area contributed by atoms with Gasteiger partial charge in [-0.2, -0.15) is 0 Å². The van der Waals surface area contributed by atoms with Gasteiger partial charge in [0.15, 0.2) is 0 Å². The van der Waals surface area contributed by atoms with Crippen molar-refractivity contribution in [2.45, 2.75) is 70.8 Å². The Kier molecular flexibility index (Phi) is 3.92. The van der Waals surface area contributed by atoms with Gasteiger partial charge >= 0.3 is 0 Å². The third-order valence-electron chi connectivity index (χ3n) is 6.49. The molecule has 3 rings (SSSR count). The van der Waals surface area contributed by atoms with Gasteiger partial charge in [-0.3, -0.25) is 0 Å². The van der Waals surface area contributed by atoms with Crippen LogP contribution in [-0.2, 0) is 0 Å². The lowest BCUT2D eigenvalue weighted by Crippen LogP contribution is -2.56. The molecule has 2 aliphatic carbocycles. The molecule has 2 saturated carbocycles. The highest BCUT2D eigenvalue weighted by Gasteiger charge is 2.47. The van der Waals surface area contributed by atoms with Crippen LogP contribution in [0.5, 0.6) is 0 Å². The Labute approximate surface area is 119 Å². The molecule has 3 aliphatic rings. The minimum absolute atomic E-state index is 0.554. The molecule has 3 fully saturated rings. The SMILES string of the molecule is CN1CCC(C)(CNC2CCC23CCCCC3)CC1. The molecule has 2 nitrogen and oxygen atoms in total. The fourth-order valence-electron chi connectivity index (χ4n) is 4.57. The molecule has 1 spiro atoms. The molecule has 0 amide bonds. The number of hydrogen-bond donors (Lipinski definition) is 1. The van der Waals surface area contributed by atoms with E-state index in [-0.39, 0.29) is 0 Å². The monoisotopic (exact) mass is 264 g/mol. The lowest BCUT2D eigenvalue weighted by atomic mass is 9.57. The lowest BCUT2D eigenvalue weighted by molar-refractivity contribution is 0.0124.